The van der Waals surface area contributed by atoms with Gasteiger partial charge >= 0.3 is 5.97 Å². The highest BCUT2D eigenvalue weighted by Gasteiger charge is 2.21. The third-order valence-electron chi connectivity index (χ3n) is 5.33. The van der Waals surface area contributed by atoms with Gasteiger partial charge in [-0.05, 0) is 30.9 Å². The number of Topliss-reactive ketones (excluding diaryl/α,β-unsaturated/α-hetero) is 1. The van der Waals surface area contributed by atoms with Crippen molar-refractivity contribution < 1.29 is 14.3 Å². The molecule has 1 aliphatic carbocycles. The van der Waals surface area contributed by atoms with Crippen molar-refractivity contribution in [1.82, 2.24) is 14.8 Å². The number of aromatic nitrogens is 3. The van der Waals surface area contributed by atoms with E-state index in [-0.39, 0.29) is 18.1 Å². The Bertz CT molecular complexity index is 980. The van der Waals surface area contributed by atoms with Gasteiger partial charge < -0.3 is 9.72 Å². The first-order valence-corrected chi connectivity index (χ1v) is 9.52. The van der Waals surface area contributed by atoms with E-state index >= 15 is 0 Å². The minimum atomic E-state index is -0.561. The molecule has 0 aliphatic heterocycles. The van der Waals surface area contributed by atoms with Crippen molar-refractivity contribution in [2.24, 2.45) is 0 Å². The quantitative estimate of drug-likeness (QED) is 0.527. The summed E-state index contributed by atoms with van der Waals surface area (Å²) in [5, 5.41) is 5.19. The molecule has 0 spiro atoms. The van der Waals surface area contributed by atoms with Gasteiger partial charge in [0.1, 0.15) is 0 Å². The maximum atomic E-state index is 12.5. The Kier molecular flexibility index (Phi) is 4.79. The predicted octanol–water partition coefficient (Wildman–Crippen LogP) is 4.08. The van der Waals surface area contributed by atoms with Gasteiger partial charge in [0.15, 0.2) is 12.3 Å². The van der Waals surface area contributed by atoms with Gasteiger partial charge in [0.2, 0.25) is 5.78 Å². The number of para-hydroxylation sites is 1. The number of aromatic amines is 1. The third-order valence-corrected chi connectivity index (χ3v) is 5.33. The van der Waals surface area contributed by atoms with Crippen LogP contribution in [0.5, 0.6) is 0 Å². The number of hydrogen-bond acceptors (Lipinski definition) is 4. The summed E-state index contributed by atoms with van der Waals surface area (Å²) < 4.78 is 7.06. The fourth-order valence-electron chi connectivity index (χ4n) is 3.84. The number of benzene rings is 1. The number of carbonyl (C=O) groups excluding carboxylic acids is 2. The molecule has 1 saturated carbocycles. The predicted molar refractivity (Wildman–Crippen MR) is 102 cm³/mol. The average Bonchev–Trinajstić information content (AvgIpc) is 3.44. The summed E-state index contributed by atoms with van der Waals surface area (Å²) >= 11 is 0. The van der Waals surface area contributed by atoms with Gasteiger partial charge in [0.05, 0.1) is 6.04 Å². The van der Waals surface area contributed by atoms with Gasteiger partial charge in [-0.3, -0.25) is 9.48 Å². The van der Waals surface area contributed by atoms with Crippen molar-refractivity contribution in [3.63, 3.8) is 0 Å². The third kappa shape index (κ3) is 3.39. The van der Waals surface area contributed by atoms with Gasteiger partial charge in [0.25, 0.3) is 0 Å². The number of nitrogens with one attached hydrogen (secondary N) is 1. The van der Waals surface area contributed by atoms with Crippen molar-refractivity contribution in [3.8, 4) is 0 Å². The molecule has 0 amide bonds. The molecule has 2 aromatic heterocycles. The van der Waals surface area contributed by atoms with E-state index in [2.05, 4.69) is 17.0 Å². The van der Waals surface area contributed by atoms with Crippen LogP contribution in [-0.2, 0) is 11.2 Å². The number of aryl methyl sites for hydroxylation is 1. The normalized spacial score (nSPS) is 14.7. The lowest BCUT2D eigenvalue weighted by atomic mass is 10.1. The molecule has 0 unspecified atom stereocenters. The van der Waals surface area contributed by atoms with Crippen LogP contribution in [0.3, 0.4) is 0 Å². The maximum absolute atomic E-state index is 12.5. The molecule has 27 heavy (non-hydrogen) atoms. The van der Waals surface area contributed by atoms with E-state index in [4.69, 9.17) is 4.74 Å². The number of hydrogen-bond donors (Lipinski definition) is 1. The summed E-state index contributed by atoms with van der Waals surface area (Å²) in [6.07, 6.45) is 8.97. The van der Waals surface area contributed by atoms with Crippen LogP contribution in [0.4, 0.5) is 0 Å². The maximum Gasteiger partial charge on any atom is 0.359 e. The molecule has 3 aromatic rings. The van der Waals surface area contributed by atoms with Crippen LogP contribution in [-0.4, -0.2) is 33.1 Å². The summed E-state index contributed by atoms with van der Waals surface area (Å²) in [4.78, 5) is 28.0. The molecule has 4 rings (SSSR count). The molecule has 1 aromatic carbocycles. The lowest BCUT2D eigenvalue weighted by Gasteiger charge is -2.08. The second kappa shape index (κ2) is 7.39. The molecule has 1 fully saturated rings. The summed E-state index contributed by atoms with van der Waals surface area (Å²) in [6, 6.07) is 7.90. The van der Waals surface area contributed by atoms with Gasteiger partial charge in [-0.1, -0.05) is 38.0 Å². The number of H-pyrrole nitrogens is 1. The fourth-order valence-corrected chi connectivity index (χ4v) is 3.84. The zero-order chi connectivity index (χ0) is 18.8. The Balaban J connectivity index is 1.43. The molecule has 1 aliphatic rings. The van der Waals surface area contributed by atoms with E-state index in [9.17, 15) is 9.59 Å². The second-order valence-corrected chi connectivity index (χ2v) is 7.01. The molecule has 6 heteroatoms. The lowest BCUT2D eigenvalue weighted by molar-refractivity contribution is 0.0468. The molecule has 2 heterocycles. The van der Waals surface area contributed by atoms with E-state index in [1.165, 1.54) is 12.8 Å². The highest BCUT2D eigenvalue weighted by molar-refractivity contribution is 6.09. The number of nitrogens with zero attached hydrogens (tertiary/aromatic N) is 2. The van der Waals surface area contributed by atoms with E-state index in [0.29, 0.717) is 11.6 Å². The topological polar surface area (TPSA) is 77.0 Å². The molecule has 0 saturated heterocycles. The standard InChI is InChI=1S/C21H23N3O3/c1-2-14-6-5-9-16-17(12-22-20(14)16)19(25)13-27-21(26)18-10-11-24(23-18)15-7-3-4-8-15/h5-6,9-12,15,22H,2-4,7-8,13H2,1H3. The van der Waals surface area contributed by atoms with E-state index in [0.717, 1.165) is 35.7 Å². The summed E-state index contributed by atoms with van der Waals surface area (Å²) in [5.74, 6) is -0.785. The van der Waals surface area contributed by atoms with Crippen molar-refractivity contribution in [1.29, 1.82) is 0 Å². The minimum Gasteiger partial charge on any atom is -0.453 e. The Morgan fingerprint density at radius 3 is 2.85 bits per heavy atom. The monoisotopic (exact) mass is 365 g/mol. The van der Waals surface area contributed by atoms with Crippen LogP contribution in [0.25, 0.3) is 10.9 Å². The molecule has 140 valence electrons. The molecule has 0 atom stereocenters. The smallest absolute Gasteiger partial charge is 0.359 e. The number of fused-ring (bicyclic) bond motifs is 1. The van der Waals surface area contributed by atoms with E-state index in [1.807, 2.05) is 29.1 Å². The molecule has 0 radical (unpaired) electrons. The highest BCUT2D eigenvalue weighted by atomic mass is 16.5. The Labute approximate surface area is 157 Å². The van der Waals surface area contributed by atoms with Crippen LogP contribution in [0.1, 0.15) is 65.1 Å². The first-order valence-electron chi connectivity index (χ1n) is 9.52. The SMILES string of the molecule is CCc1cccc2c(C(=O)COC(=O)c3ccn(C4CCCC4)n3)c[nH]c12. The number of rotatable bonds is 6. The number of carbonyl (C=O) groups is 2. The Hall–Kier alpha value is -2.89. The van der Waals surface area contributed by atoms with Crippen LogP contribution >= 0.6 is 0 Å². The molecular weight excluding hydrogens is 342 g/mol. The van der Waals surface area contributed by atoms with Crippen molar-refractivity contribution in [2.75, 3.05) is 6.61 Å². The zero-order valence-corrected chi connectivity index (χ0v) is 15.4. The highest BCUT2D eigenvalue weighted by Crippen LogP contribution is 2.28. The molecule has 1 N–H and O–H groups in total. The summed E-state index contributed by atoms with van der Waals surface area (Å²) in [7, 11) is 0. The van der Waals surface area contributed by atoms with E-state index < -0.39 is 5.97 Å². The van der Waals surface area contributed by atoms with Crippen LogP contribution in [0.15, 0.2) is 36.7 Å². The first-order chi connectivity index (χ1) is 13.2. The lowest BCUT2D eigenvalue weighted by Crippen LogP contribution is -2.15. The van der Waals surface area contributed by atoms with Gasteiger partial charge in [-0.25, -0.2) is 4.79 Å². The second-order valence-electron chi connectivity index (χ2n) is 7.01. The van der Waals surface area contributed by atoms with Gasteiger partial charge in [-0.2, -0.15) is 5.10 Å². The molecule has 6 nitrogen and oxygen atoms in total. The number of ether oxygens (including phenoxy) is 1. The Morgan fingerprint density at radius 2 is 2.07 bits per heavy atom. The zero-order valence-electron chi connectivity index (χ0n) is 15.4. The van der Waals surface area contributed by atoms with Gasteiger partial charge in [0, 0.05) is 28.9 Å². The van der Waals surface area contributed by atoms with Crippen molar-refractivity contribution >= 4 is 22.7 Å². The Morgan fingerprint density at radius 1 is 1.26 bits per heavy atom. The van der Waals surface area contributed by atoms with Crippen molar-refractivity contribution in [3.05, 3.63) is 53.5 Å². The number of ketones is 1. The van der Waals surface area contributed by atoms with E-state index in [1.54, 1.807) is 12.3 Å². The molecule has 0 bridgehead atoms. The largest absolute Gasteiger partial charge is 0.453 e. The average molecular weight is 365 g/mol. The first kappa shape index (κ1) is 17.5. The van der Waals surface area contributed by atoms with Crippen LogP contribution in [0, 0.1) is 0 Å². The van der Waals surface area contributed by atoms with Crippen LogP contribution in [0.2, 0.25) is 0 Å². The minimum absolute atomic E-state index is 0.224. The summed E-state index contributed by atoms with van der Waals surface area (Å²) in [5.41, 5.74) is 2.91. The summed E-state index contributed by atoms with van der Waals surface area (Å²) in [6.45, 7) is 1.78. The van der Waals surface area contributed by atoms with Crippen molar-refractivity contribution in [2.45, 2.75) is 45.1 Å². The molecular formula is C21H23N3O3. The fraction of sp³-hybridized carbons (Fsp3) is 0.381. The van der Waals surface area contributed by atoms with Crippen LogP contribution < -0.4 is 0 Å². The van der Waals surface area contributed by atoms with Gasteiger partial charge in [-0.15, -0.1) is 0 Å². The number of esters is 1.